The van der Waals surface area contributed by atoms with Gasteiger partial charge in [0.1, 0.15) is 0 Å². The number of hydrogen-bond donors (Lipinski definition) is 4. The molecule has 0 bridgehead atoms. The molecular formula is C26H38N4O2. The molecule has 0 unspecified atom stereocenters. The van der Waals surface area contributed by atoms with Crippen LogP contribution in [0.2, 0.25) is 0 Å². The van der Waals surface area contributed by atoms with E-state index < -0.39 is 0 Å². The lowest BCUT2D eigenvalue weighted by molar-refractivity contribution is 0.0945. The van der Waals surface area contributed by atoms with Crippen LogP contribution in [0.15, 0.2) is 48.5 Å². The van der Waals surface area contributed by atoms with Crippen LogP contribution in [0, 0.1) is 0 Å². The van der Waals surface area contributed by atoms with E-state index in [0.717, 1.165) is 50.0 Å². The lowest BCUT2D eigenvalue weighted by Crippen LogP contribution is -2.24. The largest absolute Gasteiger partial charge is 0.385 e. The monoisotopic (exact) mass is 438 g/mol. The Morgan fingerprint density at radius 2 is 1.12 bits per heavy atom. The van der Waals surface area contributed by atoms with Gasteiger partial charge in [-0.3, -0.25) is 9.59 Å². The molecule has 174 valence electrons. The molecule has 0 atom stereocenters. The molecule has 2 rings (SSSR count). The Hall–Kier alpha value is -3.02. The summed E-state index contributed by atoms with van der Waals surface area (Å²) in [5, 5.41) is 12.5. The molecule has 2 aromatic rings. The van der Waals surface area contributed by atoms with Crippen molar-refractivity contribution < 1.29 is 9.59 Å². The second-order valence-corrected chi connectivity index (χ2v) is 8.26. The Morgan fingerprint density at radius 1 is 0.688 bits per heavy atom. The number of nitrogens with one attached hydrogen (secondary N) is 4. The Bertz CT molecular complexity index is 817. The second kappa shape index (κ2) is 14.1. The quantitative estimate of drug-likeness (QED) is 0.311. The number of anilines is 2. The molecule has 0 saturated heterocycles. The minimum absolute atomic E-state index is 0.0243. The third-order valence-electron chi connectivity index (χ3n) is 5.06. The summed E-state index contributed by atoms with van der Waals surface area (Å²) in [4.78, 5) is 24.4. The van der Waals surface area contributed by atoms with Crippen LogP contribution in [0.1, 0.15) is 73.6 Å². The lowest BCUT2D eigenvalue weighted by atomic mass is 10.1. The van der Waals surface area contributed by atoms with Crippen LogP contribution < -0.4 is 21.3 Å². The Kier molecular flexibility index (Phi) is 11.1. The van der Waals surface area contributed by atoms with Crippen LogP contribution >= 0.6 is 0 Å². The van der Waals surface area contributed by atoms with E-state index in [-0.39, 0.29) is 11.8 Å². The fourth-order valence-corrected chi connectivity index (χ4v) is 3.38. The maximum Gasteiger partial charge on any atom is 0.251 e. The van der Waals surface area contributed by atoms with E-state index in [1.807, 2.05) is 55.5 Å². The van der Waals surface area contributed by atoms with E-state index in [1.54, 1.807) is 0 Å². The molecule has 0 heterocycles. The van der Waals surface area contributed by atoms with Crippen LogP contribution in [0.3, 0.4) is 0 Å². The molecular weight excluding hydrogens is 400 g/mol. The maximum atomic E-state index is 12.2. The molecule has 6 nitrogen and oxygen atoms in total. The van der Waals surface area contributed by atoms with Crippen molar-refractivity contribution in [2.45, 2.75) is 58.9 Å². The van der Waals surface area contributed by atoms with Crippen molar-refractivity contribution in [2.75, 3.05) is 30.3 Å². The number of amides is 2. The van der Waals surface area contributed by atoms with Gasteiger partial charge in [-0.2, -0.15) is 0 Å². The second-order valence-electron chi connectivity index (χ2n) is 8.26. The summed E-state index contributed by atoms with van der Waals surface area (Å²) in [7, 11) is 0. The van der Waals surface area contributed by atoms with E-state index in [1.165, 1.54) is 0 Å². The van der Waals surface area contributed by atoms with Gasteiger partial charge >= 0.3 is 0 Å². The molecule has 0 spiro atoms. The van der Waals surface area contributed by atoms with Crippen LogP contribution in [-0.2, 0) is 0 Å². The van der Waals surface area contributed by atoms with Crippen LogP contribution in [0.25, 0.3) is 0 Å². The molecule has 0 radical (unpaired) electrons. The number of benzene rings is 2. The minimum atomic E-state index is -0.0256. The third kappa shape index (κ3) is 9.41. The Balaban J connectivity index is 1.50. The zero-order chi connectivity index (χ0) is 23.2. The smallest absolute Gasteiger partial charge is 0.251 e. The highest BCUT2D eigenvalue weighted by Crippen LogP contribution is 2.11. The number of unbranched alkanes of at least 4 members (excludes halogenated alkanes) is 4. The summed E-state index contributed by atoms with van der Waals surface area (Å²) in [6.07, 6.45) is 5.15. The van der Waals surface area contributed by atoms with Gasteiger partial charge in [0.15, 0.2) is 0 Å². The molecule has 32 heavy (non-hydrogen) atoms. The van der Waals surface area contributed by atoms with Gasteiger partial charge in [-0.25, -0.2) is 0 Å². The number of carbonyl (C=O) groups is 2. The Morgan fingerprint density at radius 3 is 1.56 bits per heavy atom. The van der Waals surface area contributed by atoms with E-state index in [4.69, 9.17) is 0 Å². The normalized spacial score (nSPS) is 10.6. The summed E-state index contributed by atoms with van der Waals surface area (Å²) >= 11 is 0. The van der Waals surface area contributed by atoms with E-state index in [9.17, 15) is 9.59 Å². The van der Waals surface area contributed by atoms with Gasteiger partial charge in [0.05, 0.1) is 0 Å². The van der Waals surface area contributed by atoms with Crippen LogP contribution in [0.5, 0.6) is 0 Å². The third-order valence-corrected chi connectivity index (χ3v) is 5.06. The Labute approximate surface area is 192 Å². The fourth-order valence-electron chi connectivity index (χ4n) is 3.38. The van der Waals surface area contributed by atoms with Crippen molar-refractivity contribution in [1.29, 1.82) is 0 Å². The zero-order valence-corrected chi connectivity index (χ0v) is 19.7. The highest BCUT2D eigenvalue weighted by molar-refractivity contribution is 5.95. The van der Waals surface area contributed by atoms with Gasteiger partial charge in [0.2, 0.25) is 0 Å². The number of carbonyl (C=O) groups excluding carboxylic acids is 2. The van der Waals surface area contributed by atoms with Gasteiger partial charge < -0.3 is 21.3 Å². The zero-order valence-electron chi connectivity index (χ0n) is 19.7. The number of rotatable bonds is 14. The van der Waals surface area contributed by atoms with E-state index in [2.05, 4.69) is 35.1 Å². The highest BCUT2D eigenvalue weighted by Gasteiger charge is 2.06. The van der Waals surface area contributed by atoms with E-state index in [0.29, 0.717) is 30.3 Å². The summed E-state index contributed by atoms with van der Waals surface area (Å²) in [5.74, 6) is -0.0499. The van der Waals surface area contributed by atoms with Gasteiger partial charge in [-0.1, -0.05) is 19.3 Å². The van der Waals surface area contributed by atoms with Crippen molar-refractivity contribution in [2.24, 2.45) is 0 Å². The van der Waals surface area contributed by atoms with Crippen molar-refractivity contribution >= 4 is 23.2 Å². The van der Waals surface area contributed by atoms with Crippen molar-refractivity contribution in [3.8, 4) is 0 Å². The summed E-state index contributed by atoms with van der Waals surface area (Å²) in [6, 6.07) is 15.5. The van der Waals surface area contributed by atoms with Gasteiger partial charge in [-0.05, 0) is 82.1 Å². The standard InChI is InChI=1S/C26H38N4O2/c1-4-27-23-14-10-21(11-15-23)25(31)28-18-8-6-5-7-9-19-29-26(32)22-12-16-24(17-13-22)30-20(2)3/h10-17,20,27,30H,4-9,18-19H2,1-3H3,(H,28,31)(H,29,32). The average Bonchev–Trinajstić information content (AvgIpc) is 2.78. The van der Waals surface area contributed by atoms with Crippen LogP contribution in [0.4, 0.5) is 11.4 Å². The molecule has 6 heteroatoms. The maximum absolute atomic E-state index is 12.2. The first-order valence-electron chi connectivity index (χ1n) is 11.8. The summed E-state index contributed by atoms with van der Waals surface area (Å²) in [6.45, 7) is 8.45. The molecule has 0 aliphatic rings. The SMILES string of the molecule is CCNc1ccc(C(=O)NCCCCCCCNC(=O)c2ccc(NC(C)C)cc2)cc1. The van der Waals surface area contributed by atoms with Crippen molar-refractivity contribution in [3.05, 3.63) is 59.7 Å². The first-order chi connectivity index (χ1) is 15.5. The number of hydrogen-bond acceptors (Lipinski definition) is 4. The molecule has 4 N–H and O–H groups in total. The summed E-state index contributed by atoms with van der Waals surface area (Å²) in [5.41, 5.74) is 3.42. The predicted octanol–water partition coefficient (Wildman–Crippen LogP) is 5.05. The molecule has 0 aromatic heterocycles. The molecule has 0 fully saturated rings. The van der Waals surface area contributed by atoms with Crippen molar-refractivity contribution in [3.63, 3.8) is 0 Å². The molecule has 2 amide bonds. The topological polar surface area (TPSA) is 82.3 Å². The predicted molar refractivity (Wildman–Crippen MR) is 134 cm³/mol. The molecule has 2 aromatic carbocycles. The minimum Gasteiger partial charge on any atom is -0.385 e. The molecule has 0 aliphatic carbocycles. The summed E-state index contributed by atoms with van der Waals surface area (Å²) < 4.78 is 0. The highest BCUT2D eigenvalue weighted by atomic mass is 16.2. The van der Waals surface area contributed by atoms with Gasteiger partial charge in [0, 0.05) is 48.2 Å². The lowest BCUT2D eigenvalue weighted by Gasteiger charge is -2.10. The molecule has 0 saturated carbocycles. The van der Waals surface area contributed by atoms with Gasteiger partial charge in [-0.15, -0.1) is 0 Å². The van der Waals surface area contributed by atoms with Crippen molar-refractivity contribution in [1.82, 2.24) is 10.6 Å². The first-order valence-corrected chi connectivity index (χ1v) is 11.8. The van der Waals surface area contributed by atoms with Gasteiger partial charge in [0.25, 0.3) is 11.8 Å². The van der Waals surface area contributed by atoms with Crippen LogP contribution in [-0.4, -0.2) is 37.5 Å². The molecule has 0 aliphatic heterocycles. The fraction of sp³-hybridized carbons (Fsp3) is 0.462. The van der Waals surface area contributed by atoms with E-state index >= 15 is 0 Å². The average molecular weight is 439 g/mol. The first kappa shape index (κ1) is 25.2.